The number of aromatic nitrogens is 3. The van der Waals surface area contributed by atoms with Crippen LogP contribution in [0.4, 0.5) is 4.79 Å². The van der Waals surface area contributed by atoms with Crippen LogP contribution in [0.25, 0.3) is 0 Å². The zero-order valence-corrected chi connectivity index (χ0v) is 18.7. The third-order valence-corrected chi connectivity index (χ3v) is 6.99. The molecule has 2 aliphatic rings. The SMILES string of the molecule is Cc1nnc([C@H]2CCCN2C(=O)N[C@@H](C)C2CCCCC2)n1Cc1ccc(Cl)cc1. The van der Waals surface area contributed by atoms with Crippen molar-refractivity contribution in [3.8, 4) is 0 Å². The average molecular weight is 430 g/mol. The molecule has 1 N–H and O–H groups in total. The van der Waals surface area contributed by atoms with Gasteiger partial charge in [-0.3, -0.25) is 0 Å². The molecule has 1 aromatic carbocycles. The minimum Gasteiger partial charge on any atom is -0.335 e. The van der Waals surface area contributed by atoms with Gasteiger partial charge >= 0.3 is 6.03 Å². The lowest BCUT2D eigenvalue weighted by atomic mass is 9.84. The molecule has 1 saturated heterocycles. The molecule has 2 heterocycles. The van der Waals surface area contributed by atoms with Gasteiger partial charge in [0.1, 0.15) is 5.82 Å². The number of amides is 2. The largest absolute Gasteiger partial charge is 0.335 e. The predicted molar refractivity (Wildman–Crippen MR) is 119 cm³/mol. The van der Waals surface area contributed by atoms with Gasteiger partial charge in [-0.25, -0.2) is 4.79 Å². The van der Waals surface area contributed by atoms with Crippen molar-refractivity contribution in [3.63, 3.8) is 0 Å². The molecule has 1 aliphatic heterocycles. The topological polar surface area (TPSA) is 63.1 Å². The van der Waals surface area contributed by atoms with Crippen LogP contribution in [0.5, 0.6) is 0 Å². The number of nitrogens with zero attached hydrogens (tertiary/aromatic N) is 4. The van der Waals surface area contributed by atoms with E-state index < -0.39 is 0 Å². The number of hydrogen-bond acceptors (Lipinski definition) is 3. The van der Waals surface area contributed by atoms with Gasteiger partial charge in [-0.05, 0) is 63.1 Å². The molecule has 4 rings (SSSR count). The van der Waals surface area contributed by atoms with Crippen molar-refractivity contribution < 1.29 is 4.79 Å². The van der Waals surface area contributed by atoms with Crippen molar-refractivity contribution in [3.05, 3.63) is 46.5 Å². The minimum absolute atomic E-state index is 0.0305. The summed E-state index contributed by atoms with van der Waals surface area (Å²) in [6.07, 6.45) is 8.24. The van der Waals surface area contributed by atoms with E-state index in [1.165, 1.54) is 32.1 Å². The third kappa shape index (κ3) is 4.64. The highest BCUT2D eigenvalue weighted by atomic mass is 35.5. The molecular formula is C23H32ClN5O. The quantitative estimate of drug-likeness (QED) is 0.718. The number of benzene rings is 1. The molecule has 1 aliphatic carbocycles. The molecule has 0 radical (unpaired) electrons. The van der Waals surface area contributed by atoms with Gasteiger partial charge in [0.2, 0.25) is 0 Å². The zero-order chi connectivity index (χ0) is 21.1. The van der Waals surface area contributed by atoms with E-state index in [9.17, 15) is 4.79 Å². The van der Waals surface area contributed by atoms with E-state index in [0.717, 1.165) is 41.6 Å². The van der Waals surface area contributed by atoms with Crippen molar-refractivity contribution in [2.75, 3.05) is 6.54 Å². The van der Waals surface area contributed by atoms with Crippen molar-refractivity contribution >= 4 is 17.6 Å². The van der Waals surface area contributed by atoms with E-state index >= 15 is 0 Å². The van der Waals surface area contributed by atoms with Crippen molar-refractivity contribution in [1.82, 2.24) is 25.0 Å². The van der Waals surface area contributed by atoms with Crippen LogP contribution in [-0.2, 0) is 6.54 Å². The second-order valence-electron chi connectivity index (χ2n) is 8.81. The number of halogens is 1. The standard InChI is InChI=1S/C23H32ClN5O/c1-16(19-7-4-3-5-8-19)25-23(30)28-14-6-9-21(28)22-27-26-17(2)29(22)15-18-10-12-20(24)13-11-18/h10-13,16,19,21H,3-9,14-15H2,1-2H3,(H,25,30)/t16-,21+/m0/s1. The molecule has 2 atom stereocenters. The Labute approximate surface area is 184 Å². The molecule has 0 spiro atoms. The lowest BCUT2D eigenvalue weighted by Gasteiger charge is -2.31. The molecule has 1 aromatic heterocycles. The third-order valence-electron chi connectivity index (χ3n) is 6.74. The van der Waals surface area contributed by atoms with E-state index in [2.05, 4.69) is 27.0 Å². The summed E-state index contributed by atoms with van der Waals surface area (Å²) in [6, 6.07) is 8.07. The summed E-state index contributed by atoms with van der Waals surface area (Å²) in [4.78, 5) is 15.1. The van der Waals surface area contributed by atoms with Crippen LogP contribution in [0, 0.1) is 12.8 Å². The normalized spacial score (nSPS) is 21.0. The predicted octanol–water partition coefficient (Wildman–Crippen LogP) is 5.10. The highest BCUT2D eigenvalue weighted by Crippen LogP contribution is 2.32. The second-order valence-corrected chi connectivity index (χ2v) is 9.24. The maximum atomic E-state index is 13.1. The highest BCUT2D eigenvalue weighted by Gasteiger charge is 2.35. The van der Waals surface area contributed by atoms with E-state index in [-0.39, 0.29) is 18.1 Å². The van der Waals surface area contributed by atoms with Crippen LogP contribution in [0.1, 0.15) is 75.1 Å². The highest BCUT2D eigenvalue weighted by molar-refractivity contribution is 6.30. The Morgan fingerprint density at radius 2 is 1.87 bits per heavy atom. The lowest BCUT2D eigenvalue weighted by molar-refractivity contribution is 0.178. The number of rotatable bonds is 5. The summed E-state index contributed by atoms with van der Waals surface area (Å²) in [5.74, 6) is 2.34. The lowest BCUT2D eigenvalue weighted by Crippen LogP contribution is -2.46. The summed E-state index contributed by atoms with van der Waals surface area (Å²) < 4.78 is 2.13. The van der Waals surface area contributed by atoms with Gasteiger partial charge in [-0.15, -0.1) is 10.2 Å². The molecule has 6 nitrogen and oxygen atoms in total. The molecule has 1 saturated carbocycles. The smallest absolute Gasteiger partial charge is 0.318 e. The van der Waals surface area contributed by atoms with E-state index in [4.69, 9.17) is 11.6 Å². The maximum absolute atomic E-state index is 13.1. The van der Waals surface area contributed by atoms with E-state index in [1.807, 2.05) is 36.1 Å². The molecule has 2 aromatic rings. The van der Waals surface area contributed by atoms with Crippen LogP contribution in [-0.4, -0.2) is 38.3 Å². The number of aryl methyl sites for hydroxylation is 1. The fourth-order valence-electron chi connectivity index (χ4n) is 4.92. The van der Waals surface area contributed by atoms with Gasteiger partial charge in [-0.2, -0.15) is 0 Å². The van der Waals surface area contributed by atoms with E-state index in [1.54, 1.807) is 0 Å². The fraction of sp³-hybridized carbons (Fsp3) is 0.609. The zero-order valence-electron chi connectivity index (χ0n) is 18.0. The molecule has 0 bridgehead atoms. The fourth-order valence-corrected chi connectivity index (χ4v) is 5.05. The summed E-state index contributed by atoms with van der Waals surface area (Å²) in [7, 11) is 0. The molecule has 0 unspecified atom stereocenters. The molecule has 30 heavy (non-hydrogen) atoms. The number of likely N-dealkylation sites (tertiary alicyclic amines) is 1. The monoisotopic (exact) mass is 429 g/mol. The summed E-state index contributed by atoms with van der Waals surface area (Å²) in [5.41, 5.74) is 1.14. The molecule has 2 amide bonds. The van der Waals surface area contributed by atoms with Gasteiger partial charge in [0.05, 0.1) is 12.6 Å². The Bertz CT molecular complexity index is 859. The maximum Gasteiger partial charge on any atom is 0.318 e. The Balaban J connectivity index is 1.48. The Morgan fingerprint density at radius 1 is 1.13 bits per heavy atom. The molecular weight excluding hydrogens is 398 g/mol. The van der Waals surface area contributed by atoms with Gasteiger partial charge in [0, 0.05) is 17.6 Å². The number of carbonyl (C=O) groups is 1. The van der Waals surface area contributed by atoms with Gasteiger partial charge < -0.3 is 14.8 Å². The molecule has 7 heteroatoms. The van der Waals surface area contributed by atoms with Crippen LogP contribution >= 0.6 is 11.6 Å². The van der Waals surface area contributed by atoms with Crippen LogP contribution in [0.15, 0.2) is 24.3 Å². The van der Waals surface area contributed by atoms with Crippen LogP contribution < -0.4 is 5.32 Å². The number of carbonyl (C=O) groups excluding carboxylic acids is 1. The Hall–Kier alpha value is -2.08. The molecule has 162 valence electrons. The average Bonchev–Trinajstić information content (AvgIpc) is 3.37. The number of nitrogens with one attached hydrogen (secondary N) is 1. The minimum atomic E-state index is -0.0305. The summed E-state index contributed by atoms with van der Waals surface area (Å²) in [5, 5.41) is 12.8. The summed E-state index contributed by atoms with van der Waals surface area (Å²) in [6.45, 7) is 5.57. The van der Waals surface area contributed by atoms with Crippen molar-refractivity contribution in [2.45, 2.75) is 77.4 Å². The summed E-state index contributed by atoms with van der Waals surface area (Å²) >= 11 is 6.03. The number of urea groups is 1. The first-order valence-corrected chi connectivity index (χ1v) is 11.6. The first-order valence-electron chi connectivity index (χ1n) is 11.2. The van der Waals surface area contributed by atoms with Gasteiger partial charge in [0.25, 0.3) is 0 Å². The number of hydrogen-bond donors (Lipinski definition) is 1. The van der Waals surface area contributed by atoms with Crippen molar-refractivity contribution in [2.24, 2.45) is 5.92 Å². The van der Waals surface area contributed by atoms with Crippen LogP contribution in [0.3, 0.4) is 0 Å². The van der Waals surface area contributed by atoms with Gasteiger partial charge in [-0.1, -0.05) is 43.0 Å². The van der Waals surface area contributed by atoms with Crippen molar-refractivity contribution in [1.29, 1.82) is 0 Å². The molecule has 2 fully saturated rings. The second kappa shape index (κ2) is 9.38. The first kappa shape index (κ1) is 21.2. The van der Waals surface area contributed by atoms with Gasteiger partial charge in [0.15, 0.2) is 5.82 Å². The Kier molecular flexibility index (Phi) is 6.61. The first-order chi connectivity index (χ1) is 14.5. The van der Waals surface area contributed by atoms with Crippen LogP contribution in [0.2, 0.25) is 5.02 Å². The Morgan fingerprint density at radius 3 is 2.60 bits per heavy atom. The van der Waals surface area contributed by atoms with E-state index in [0.29, 0.717) is 12.5 Å².